The molecule has 5 nitrogen and oxygen atoms in total. The van der Waals surface area contributed by atoms with Crippen LogP contribution in [0.1, 0.15) is 29.4 Å². The van der Waals surface area contributed by atoms with Crippen LogP contribution in [0.4, 0.5) is 5.69 Å². The van der Waals surface area contributed by atoms with Crippen LogP contribution in [0.3, 0.4) is 0 Å². The van der Waals surface area contributed by atoms with Gasteiger partial charge >= 0.3 is 0 Å². The Morgan fingerprint density at radius 1 is 1.59 bits per heavy atom. The molecule has 0 aromatic carbocycles. The lowest BCUT2D eigenvalue weighted by Crippen LogP contribution is -2.32. The third-order valence-electron chi connectivity index (χ3n) is 2.59. The number of nitrogen functional groups attached to an aromatic ring is 1. The van der Waals surface area contributed by atoms with E-state index in [1.54, 1.807) is 17.9 Å². The minimum Gasteiger partial charge on any atom is -0.397 e. The average molecular weight is 237 g/mol. The third kappa shape index (κ3) is 3.42. The Morgan fingerprint density at radius 3 is 2.88 bits per heavy atom. The number of hydrogen-bond acceptors (Lipinski definition) is 4. The van der Waals surface area contributed by atoms with Gasteiger partial charge in [-0.15, -0.1) is 0 Å². The summed E-state index contributed by atoms with van der Waals surface area (Å²) in [6.45, 7) is 4.92. The number of aliphatic hydroxyl groups is 1. The van der Waals surface area contributed by atoms with Gasteiger partial charge in [0.05, 0.1) is 23.1 Å². The molecular weight excluding hydrogens is 218 g/mol. The van der Waals surface area contributed by atoms with E-state index < -0.39 is 0 Å². The SMILES string of the molecule is CCN(CCCO)C(=O)c1cc(N)cnc1C. The zero-order chi connectivity index (χ0) is 12.8. The molecule has 5 heteroatoms. The summed E-state index contributed by atoms with van der Waals surface area (Å²) in [5.74, 6) is -0.0850. The number of nitrogens with zero attached hydrogens (tertiary/aromatic N) is 2. The van der Waals surface area contributed by atoms with Gasteiger partial charge < -0.3 is 15.7 Å². The zero-order valence-electron chi connectivity index (χ0n) is 10.3. The Kier molecular flexibility index (Phi) is 4.90. The number of hydrogen-bond donors (Lipinski definition) is 2. The highest BCUT2D eigenvalue weighted by Crippen LogP contribution is 2.12. The minimum absolute atomic E-state index is 0.0813. The maximum Gasteiger partial charge on any atom is 0.255 e. The Labute approximate surface area is 101 Å². The molecule has 0 aliphatic carbocycles. The topological polar surface area (TPSA) is 79.5 Å². The van der Waals surface area contributed by atoms with Gasteiger partial charge in [0.15, 0.2) is 0 Å². The molecule has 0 saturated heterocycles. The van der Waals surface area contributed by atoms with E-state index in [2.05, 4.69) is 4.98 Å². The maximum absolute atomic E-state index is 12.2. The molecule has 0 fully saturated rings. The standard InChI is InChI=1S/C12H19N3O2/c1-3-15(5-4-6-16)12(17)11-7-10(13)8-14-9(11)2/h7-8,16H,3-6,13H2,1-2H3. The molecule has 17 heavy (non-hydrogen) atoms. The predicted octanol–water partition coefficient (Wildman–Crippen LogP) is 0.817. The number of aromatic nitrogens is 1. The largest absolute Gasteiger partial charge is 0.397 e. The van der Waals surface area contributed by atoms with Gasteiger partial charge in [0.1, 0.15) is 0 Å². The number of carbonyl (C=O) groups is 1. The number of aliphatic hydroxyl groups excluding tert-OH is 1. The molecule has 3 N–H and O–H groups in total. The molecule has 0 unspecified atom stereocenters. The van der Waals surface area contributed by atoms with Crippen molar-refractivity contribution in [3.8, 4) is 0 Å². The van der Waals surface area contributed by atoms with Crippen molar-refractivity contribution in [3.63, 3.8) is 0 Å². The quantitative estimate of drug-likeness (QED) is 0.794. The van der Waals surface area contributed by atoms with Gasteiger partial charge in [-0.2, -0.15) is 0 Å². The zero-order valence-corrected chi connectivity index (χ0v) is 10.3. The number of aryl methyl sites for hydroxylation is 1. The number of carbonyl (C=O) groups excluding carboxylic acids is 1. The molecule has 1 aromatic rings. The number of rotatable bonds is 5. The van der Waals surface area contributed by atoms with Crippen LogP contribution in [0.2, 0.25) is 0 Å². The monoisotopic (exact) mass is 237 g/mol. The molecule has 0 aliphatic rings. The van der Waals surface area contributed by atoms with E-state index in [-0.39, 0.29) is 12.5 Å². The van der Waals surface area contributed by atoms with Crippen molar-refractivity contribution in [1.29, 1.82) is 0 Å². The van der Waals surface area contributed by atoms with Crippen LogP contribution in [-0.2, 0) is 0 Å². The first-order valence-electron chi connectivity index (χ1n) is 5.72. The Hall–Kier alpha value is -1.62. The summed E-state index contributed by atoms with van der Waals surface area (Å²) in [6.07, 6.45) is 2.12. The minimum atomic E-state index is -0.0850. The third-order valence-corrected chi connectivity index (χ3v) is 2.59. The normalized spacial score (nSPS) is 10.3. The van der Waals surface area contributed by atoms with E-state index in [0.29, 0.717) is 36.5 Å². The highest BCUT2D eigenvalue weighted by molar-refractivity contribution is 5.95. The van der Waals surface area contributed by atoms with Crippen molar-refractivity contribution in [2.45, 2.75) is 20.3 Å². The molecular formula is C12H19N3O2. The van der Waals surface area contributed by atoms with E-state index in [1.165, 1.54) is 6.20 Å². The average Bonchev–Trinajstić information content (AvgIpc) is 2.33. The number of pyridine rings is 1. The first-order valence-corrected chi connectivity index (χ1v) is 5.72. The fraction of sp³-hybridized carbons (Fsp3) is 0.500. The summed E-state index contributed by atoms with van der Waals surface area (Å²) in [4.78, 5) is 18.0. The molecule has 1 amide bonds. The summed E-state index contributed by atoms with van der Waals surface area (Å²) < 4.78 is 0. The second-order valence-corrected chi connectivity index (χ2v) is 3.86. The molecule has 0 saturated carbocycles. The van der Waals surface area contributed by atoms with E-state index >= 15 is 0 Å². The summed E-state index contributed by atoms with van der Waals surface area (Å²) in [5, 5.41) is 8.79. The van der Waals surface area contributed by atoms with Crippen molar-refractivity contribution in [2.24, 2.45) is 0 Å². The van der Waals surface area contributed by atoms with E-state index in [4.69, 9.17) is 10.8 Å². The van der Waals surface area contributed by atoms with Crippen LogP contribution in [0, 0.1) is 6.92 Å². The van der Waals surface area contributed by atoms with Crippen LogP contribution in [0.25, 0.3) is 0 Å². The van der Waals surface area contributed by atoms with Gasteiger partial charge in [0.2, 0.25) is 0 Å². The molecule has 1 rings (SSSR count). The van der Waals surface area contributed by atoms with Crippen LogP contribution >= 0.6 is 0 Å². The highest BCUT2D eigenvalue weighted by Gasteiger charge is 2.16. The highest BCUT2D eigenvalue weighted by atomic mass is 16.3. The lowest BCUT2D eigenvalue weighted by atomic mass is 10.1. The first kappa shape index (κ1) is 13.4. The predicted molar refractivity (Wildman–Crippen MR) is 66.7 cm³/mol. The fourth-order valence-electron chi connectivity index (χ4n) is 1.60. The van der Waals surface area contributed by atoms with E-state index in [9.17, 15) is 4.79 Å². The number of anilines is 1. The van der Waals surface area contributed by atoms with Crippen LogP contribution in [0.5, 0.6) is 0 Å². The Balaban J connectivity index is 2.89. The molecule has 0 atom stereocenters. The van der Waals surface area contributed by atoms with Crippen LogP contribution in [0.15, 0.2) is 12.3 Å². The molecule has 0 spiro atoms. The summed E-state index contributed by atoms with van der Waals surface area (Å²) in [5.41, 5.74) is 7.32. The first-order chi connectivity index (χ1) is 8.10. The molecule has 0 radical (unpaired) electrons. The van der Waals surface area contributed by atoms with E-state index in [1.807, 2.05) is 6.92 Å². The number of nitrogens with two attached hydrogens (primary N) is 1. The Bertz CT molecular complexity index is 393. The maximum atomic E-state index is 12.2. The summed E-state index contributed by atoms with van der Waals surface area (Å²) in [6, 6.07) is 1.65. The summed E-state index contributed by atoms with van der Waals surface area (Å²) >= 11 is 0. The van der Waals surface area contributed by atoms with Crippen LogP contribution < -0.4 is 5.73 Å². The molecule has 1 aromatic heterocycles. The van der Waals surface area contributed by atoms with E-state index in [0.717, 1.165) is 0 Å². The van der Waals surface area contributed by atoms with Crippen molar-refractivity contribution < 1.29 is 9.90 Å². The van der Waals surface area contributed by atoms with Gasteiger partial charge in [-0.25, -0.2) is 0 Å². The molecule has 94 valence electrons. The van der Waals surface area contributed by atoms with Gasteiger partial charge in [-0.1, -0.05) is 0 Å². The fourth-order valence-corrected chi connectivity index (χ4v) is 1.60. The van der Waals surface area contributed by atoms with Gasteiger partial charge in [0.25, 0.3) is 5.91 Å². The van der Waals surface area contributed by atoms with Crippen molar-refractivity contribution in [3.05, 3.63) is 23.5 Å². The smallest absolute Gasteiger partial charge is 0.255 e. The second kappa shape index (κ2) is 6.20. The van der Waals surface area contributed by atoms with Crippen molar-refractivity contribution in [1.82, 2.24) is 9.88 Å². The Morgan fingerprint density at radius 2 is 2.29 bits per heavy atom. The number of amides is 1. The van der Waals surface area contributed by atoms with Crippen molar-refractivity contribution >= 4 is 11.6 Å². The lowest BCUT2D eigenvalue weighted by Gasteiger charge is -2.21. The van der Waals surface area contributed by atoms with Gasteiger partial charge in [-0.05, 0) is 26.3 Å². The van der Waals surface area contributed by atoms with Gasteiger partial charge in [0, 0.05) is 19.7 Å². The second-order valence-electron chi connectivity index (χ2n) is 3.86. The molecule has 0 aliphatic heterocycles. The molecule has 1 heterocycles. The van der Waals surface area contributed by atoms with Crippen LogP contribution in [-0.4, -0.2) is 40.6 Å². The summed E-state index contributed by atoms with van der Waals surface area (Å²) in [7, 11) is 0. The lowest BCUT2D eigenvalue weighted by molar-refractivity contribution is 0.0753. The molecule has 0 bridgehead atoms. The van der Waals surface area contributed by atoms with Crippen molar-refractivity contribution in [2.75, 3.05) is 25.4 Å². The van der Waals surface area contributed by atoms with Gasteiger partial charge in [-0.3, -0.25) is 9.78 Å².